The van der Waals surface area contributed by atoms with E-state index in [4.69, 9.17) is 0 Å². The zero-order chi connectivity index (χ0) is 21.3. The molecule has 0 bridgehead atoms. The van der Waals surface area contributed by atoms with Gasteiger partial charge in [-0.2, -0.15) is 5.10 Å². The summed E-state index contributed by atoms with van der Waals surface area (Å²) in [6.07, 6.45) is 0.401. The summed E-state index contributed by atoms with van der Waals surface area (Å²) in [6, 6.07) is 17.0. The van der Waals surface area contributed by atoms with Gasteiger partial charge in [0.25, 0.3) is 11.8 Å². The number of nitrogens with one attached hydrogen (secondary N) is 2. The molecule has 0 aliphatic rings. The van der Waals surface area contributed by atoms with Gasteiger partial charge in [0.1, 0.15) is 10.7 Å². The highest BCUT2D eigenvalue weighted by Gasteiger charge is 2.20. The number of hydrogen-bond acceptors (Lipinski definition) is 7. The molecule has 3 aromatic rings. The van der Waals surface area contributed by atoms with E-state index in [0.29, 0.717) is 22.7 Å². The summed E-state index contributed by atoms with van der Waals surface area (Å²) >= 11 is 1.23. The van der Waals surface area contributed by atoms with Crippen LogP contribution in [0.4, 0.5) is 5.13 Å². The molecule has 2 N–H and O–H groups in total. The van der Waals surface area contributed by atoms with E-state index in [0.717, 1.165) is 5.01 Å². The number of rotatable bonds is 8. The number of anilines is 1. The van der Waals surface area contributed by atoms with Crippen LogP contribution in [0.15, 0.2) is 65.8 Å². The predicted octanol–water partition coefficient (Wildman–Crippen LogP) is 3.10. The maximum absolute atomic E-state index is 12.7. The number of amides is 2. The molecule has 1 aromatic heterocycles. The Morgan fingerprint density at radius 2 is 1.57 bits per heavy atom. The maximum atomic E-state index is 12.7. The fourth-order valence-electron chi connectivity index (χ4n) is 2.44. The van der Waals surface area contributed by atoms with E-state index in [9.17, 15) is 14.4 Å². The number of ketones is 1. The second-order valence-electron chi connectivity index (χ2n) is 6.14. The van der Waals surface area contributed by atoms with Gasteiger partial charge in [0.15, 0.2) is 5.78 Å². The third-order valence-electron chi connectivity index (χ3n) is 4.00. The van der Waals surface area contributed by atoms with Crippen molar-refractivity contribution in [2.24, 2.45) is 5.10 Å². The second kappa shape index (κ2) is 10.2. The summed E-state index contributed by atoms with van der Waals surface area (Å²) in [7, 11) is 0. The molecule has 152 valence electrons. The first kappa shape index (κ1) is 21.0. The minimum atomic E-state index is -0.633. The number of carbonyl (C=O) groups is 3. The molecule has 0 saturated carbocycles. The highest BCUT2D eigenvalue weighted by atomic mass is 32.1. The van der Waals surface area contributed by atoms with Crippen molar-refractivity contribution >= 4 is 39.8 Å². The van der Waals surface area contributed by atoms with Gasteiger partial charge in [-0.25, -0.2) is 5.43 Å². The number of hydrogen-bond donors (Lipinski definition) is 2. The summed E-state index contributed by atoms with van der Waals surface area (Å²) in [5, 5.41) is 15.4. The monoisotopic (exact) mass is 421 g/mol. The van der Waals surface area contributed by atoms with Crippen LogP contribution in [0.2, 0.25) is 0 Å². The summed E-state index contributed by atoms with van der Waals surface area (Å²) < 4.78 is 0. The first-order chi connectivity index (χ1) is 14.6. The molecule has 0 radical (unpaired) electrons. The molecule has 2 amide bonds. The summed E-state index contributed by atoms with van der Waals surface area (Å²) in [6.45, 7) is 1.93. The van der Waals surface area contributed by atoms with Crippen molar-refractivity contribution in [2.75, 3.05) is 5.32 Å². The Labute approximate surface area is 177 Å². The van der Waals surface area contributed by atoms with Gasteiger partial charge in [-0.05, 0) is 18.6 Å². The van der Waals surface area contributed by atoms with E-state index in [1.807, 2.05) is 6.92 Å². The zero-order valence-electron chi connectivity index (χ0n) is 16.2. The Hall–Kier alpha value is -3.72. The van der Waals surface area contributed by atoms with Crippen LogP contribution in [0.5, 0.6) is 0 Å². The molecular formula is C21H19N5O3S. The molecule has 2 aromatic carbocycles. The Morgan fingerprint density at radius 1 is 0.933 bits per heavy atom. The van der Waals surface area contributed by atoms with Crippen LogP contribution >= 0.6 is 11.3 Å². The Balaban J connectivity index is 1.78. The number of nitrogens with zero attached hydrogens (tertiary/aromatic N) is 3. The average molecular weight is 421 g/mol. The van der Waals surface area contributed by atoms with Crippen LogP contribution in [0.3, 0.4) is 0 Å². The number of aryl methyl sites for hydroxylation is 1. The van der Waals surface area contributed by atoms with Gasteiger partial charge >= 0.3 is 0 Å². The largest absolute Gasteiger partial charge is 0.295 e. The number of Topliss-reactive ketones (excluding diaryl/α,β-unsaturated/α-hetero) is 1. The Kier molecular flexibility index (Phi) is 7.12. The van der Waals surface area contributed by atoms with Crippen molar-refractivity contribution in [1.29, 1.82) is 0 Å². The molecule has 8 nitrogen and oxygen atoms in total. The predicted molar refractivity (Wildman–Crippen MR) is 115 cm³/mol. The number of hydrazone groups is 1. The zero-order valence-corrected chi connectivity index (χ0v) is 17.0. The number of aromatic nitrogens is 2. The molecule has 0 atom stereocenters. The summed E-state index contributed by atoms with van der Waals surface area (Å²) in [5.41, 5.74) is 3.03. The lowest BCUT2D eigenvalue weighted by atomic mass is 10.1. The highest BCUT2D eigenvalue weighted by Crippen LogP contribution is 2.15. The number of benzene rings is 2. The first-order valence-electron chi connectivity index (χ1n) is 9.20. The lowest BCUT2D eigenvalue weighted by molar-refractivity contribution is -0.110. The van der Waals surface area contributed by atoms with Crippen molar-refractivity contribution in [3.63, 3.8) is 0 Å². The van der Waals surface area contributed by atoms with Crippen molar-refractivity contribution in [3.8, 4) is 0 Å². The molecule has 0 fully saturated rings. The van der Waals surface area contributed by atoms with Crippen molar-refractivity contribution < 1.29 is 14.4 Å². The van der Waals surface area contributed by atoms with Crippen molar-refractivity contribution in [2.45, 2.75) is 19.8 Å². The molecule has 30 heavy (non-hydrogen) atoms. The molecule has 0 saturated heterocycles. The van der Waals surface area contributed by atoms with E-state index in [-0.39, 0.29) is 17.9 Å². The third kappa shape index (κ3) is 5.65. The topological polar surface area (TPSA) is 113 Å². The lowest BCUT2D eigenvalue weighted by Gasteiger charge is -2.07. The van der Waals surface area contributed by atoms with Gasteiger partial charge in [-0.15, -0.1) is 10.2 Å². The second-order valence-corrected chi connectivity index (χ2v) is 7.20. The third-order valence-corrected chi connectivity index (χ3v) is 4.99. The van der Waals surface area contributed by atoms with E-state index >= 15 is 0 Å². The van der Waals surface area contributed by atoms with Gasteiger partial charge < -0.3 is 0 Å². The van der Waals surface area contributed by atoms with E-state index in [2.05, 4.69) is 26.0 Å². The molecule has 0 spiro atoms. The van der Waals surface area contributed by atoms with Crippen LogP contribution in [0.25, 0.3) is 0 Å². The summed E-state index contributed by atoms with van der Waals surface area (Å²) in [5.74, 6) is -1.42. The average Bonchev–Trinajstić information content (AvgIpc) is 3.24. The summed E-state index contributed by atoms with van der Waals surface area (Å²) in [4.78, 5) is 37.6. The maximum Gasteiger partial charge on any atom is 0.274 e. The first-order valence-corrected chi connectivity index (χ1v) is 10.0. The molecule has 1 heterocycles. The molecule has 0 unspecified atom stereocenters. The van der Waals surface area contributed by atoms with Gasteiger partial charge in [0, 0.05) is 11.1 Å². The van der Waals surface area contributed by atoms with Crippen molar-refractivity contribution in [1.82, 2.24) is 15.6 Å². The van der Waals surface area contributed by atoms with Gasteiger partial charge in [-0.3, -0.25) is 19.7 Å². The molecule has 9 heteroatoms. The standard InChI is InChI=1S/C21H19N5O3S/c1-2-18-24-26-21(30-18)22-20(29)16(13-17(27)14-9-5-3-6-10-14)23-25-19(28)15-11-7-4-8-12-15/h3-12H,2,13H2,1H3,(H,25,28)(H,22,26,29). The van der Waals surface area contributed by atoms with Crippen LogP contribution in [-0.2, 0) is 11.2 Å². The molecule has 0 aliphatic carbocycles. The van der Waals surface area contributed by atoms with E-state index < -0.39 is 11.8 Å². The Bertz CT molecular complexity index is 1060. The number of carbonyl (C=O) groups excluding carboxylic acids is 3. The highest BCUT2D eigenvalue weighted by molar-refractivity contribution is 7.15. The fraction of sp³-hybridized carbons (Fsp3) is 0.143. The SMILES string of the molecule is CCc1nnc(NC(=O)C(CC(=O)c2ccccc2)=NNC(=O)c2ccccc2)s1. The van der Waals surface area contributed by atoms with Gasteiger partial charge in [-0.1, -0.05) is 66.8 Å². The minimum absolute atomic E-state index is 0.138. The van der Waals surface area contributed by atoms with Gasteiger partial charge in [0.2, 0.25) is 5.13 Å². The minimum Gasteiger partial charge on any atom is -0.295 e. The van der Waals surface area contributed by atoms with E-state index in [1.165, 1.54) is 11.3 Å². The van der Waals surface area contributed by atoms with E-state index in [1.54, 1.807) is 60.7 Å². The van der Waals surface area contributed by atoms with Crippen LogP contribution in [0, 0.1) is 0 Å². The van der Waals surface area contributed by atoms with Crippen LogP contribution < -0.4 is 10.7 Å². The van der Waals surface area contributed by atoms with Crippen LogP contribution in [-0.4, -0.2) is 33.5 Å². The smallest absolute Gasteiger partial charge is 0.274 e. The molecule has 3 rings (SSSR count). The fourth-order valence-corrected chi connectivity index (χ4v) is 3.11. The Morgan fingerprint density at radius 3 is 2.17 bits per heavy atom. The normalized spacial score (nSPS) is 11.0. The quantitative estimate of drug-likeness (QED) is 0.330. The van der Waals surface area contributed by atoms with Gasteiger partial charge in [0.05, 0.1) is 6.42 Å². The molecular weight excluding hydrogens is 402 g/mol. The lowest BCUT2D eigenvalue weighted by Crippen LogP contribution is -2.29. The van der Waals surface area contributed by atoms with Crippen molar-refractivity contribution in [3.05, 3.63) is 76.8 Å². The van der Waals surface area contributed by atoms with Crippen LogP contribution in [0.1, 0.15) is 39.1 Å². The molecule has 0 aliphatic heterocycles.